The molecule has 0 atom stereocenters. The Morgan fingerprint density at radius 3 is 2.46 bits per heavy atom. The van der Waals surface area contributed by atoms with Gasteiger partial charge in [-0.2, -0.15) is 0 Å². The zero-order valence-corrected chi connectivity index (χ0v) is 15.9. The maximum absolute atomic E-state index is 12.9. The summed E-state index contributed by atoms with van der Waals surface area (Å²) in [5, 5.41) is 14.6. The van der Waals surface area contributed by atoms with Gasteiger partial charge < -0.3 is 15.1 Å². The Labute approximate surface area is 164 Å². The molecule has 7 nitrogen and oxygen atoms in total. The van der Waals surface area contributed by atoms with Crippen molar-refractivity contribution in [1.29, 1.82) is 0 Å². The minimum absolute atomic E-state index is 0.0312. The van der Waals surface area contributed by atoms with Gasteiger partial charge in [-0.05, 0) is 43.5 Å². The highest BCUT2D eigenvalue weighted by Crippen LogP contribution is 2.32. The van der Waals surface area contributed by atoms with Crippen molar-refractivity contribution < 1.29 is 9.72 Å². The monoisotopic (exact) mass is 380 g/mol. The number of piperazine rings is 1. The first-order chi connectivity index (χ1) is 13.5. The number of hydrogen-bond donors (Lipinski definition) is 1. The second-order valence-electron chi connectivity index (χ2n) is 7.47. The van der Waals surface area contributed by atoms with Crippen LogP contribution in [0.4, 0.5) is 17.1 Å². The molecule has 2 aromatic rings. The summed E-state index contributed by atoms with van der Waals surface area (Å²) in [6.07, 6.45) is 2.06. The molecule has 2 fully saturated rings. The van der Waals surface area contributed by atoms with Gasteiger partial charge in [0, 0.05) is 49.5 Å². The van der Waals surface area contributed by atoms with Gasteiger partial charge >= 0.3 is 0 Å². The van der Waals surface area contributed by atoms with Crippen molar-refractivity contribution in [2.24, 2.45) is 0 Å². The van der Waals surface area contributed by atoms with E-state index in [4.69, 9.17) is 0 Å². The Bertz CT molecular complexity index is 902. The van der Waals surface area contributed by atoms with Gasteiger partial charge in [-0.3, -0.25) is 14.9 Å². The molecule has 0 unspecified atom stereocenters. The third kappa shape index (κ3) is 3.78. The maximum atomic E-state index is 12.9. The first-order valence-corrected chi connectivity index (χ1v) is 9.68. The Kier molecular flexibility index (Phi) is 4.90. The van der Waals surface area contributed by atoms with E-state index in [1.54, 1.807) is 17.0 Å². The lowest BCUT2D eigenvalue weighted by molar-refractivity contribution is -0.384. The van der Waals surface area contributed by atoms with E-state index >= 15 is 0 Å². The van der Waals surface area contributed by atoms with Crippen LogP contribution >= 0.6 is 0 Å². The number of nitrogens with one attached hydrogen (secondary N) is 1. The summed E-state index contributed by atoms with van der Waals surface area (Å²) in [7, 11) is 0. The molecule has 0 radical (unpaired) electrons. The molecule has 28 heavy (non-hydrogen) atoms. The van der Waals surface area contributed by atoms with Gasteiger partial charge in [0.25, 0.3) is 11.6 Å². The Balaban J connectivity index is 1.45. The second-order valence-corrected chi connectivity index (χ2v) is 7.47. The van der Waals surface area contributed by atoms with Gasteiger partial charge in [-0.15, -0.1) is 0 Å². The van der Waals surface area contributed by atoms with Crippen molar-refractivity contribution in [3.05, 3.63) is 63.7 Å². The smallest absolute Gasteiger partial charge is 0.293 e. The molecule has 2 aromatic carbocycles. The highest BCUT2D eigenvalue weighted by molar-refractivity contribution is 5.96. The van der Waals surface area contributed by atoms with Crippen molar-refractivity contribution in [2.75, 3.05) is 36.4 Å². The molecular weight excluding hydrogens is 356 g/mol. The number of rotatable bonds is 5. The van der Waals surface area contributed by atoms with E-state index in [2.05, 4.69) is 29.3 Å². The number of para-hydroxylation sites is 1. The van der Waals surface area contributed by atoms with Crippen LogP contribution in [0.3, 0.4) is 0 Å². The number of anilines is 2. The molecule has 1 aliphatic heterocycles. The van der Waals surface area contributed by atoms with Crippen LogP contribution < -0.4 is 10.2 Å². The van der Waals surface area contributed by atoms with Crippen LogP contribution in [0.5, 0.6) is 0 Å². The van der Waals surface area contributed by atoms with Gasteiger partial charge in [0.1, 0.15) is 5.69 Å². The minimum Gasteiger partial charge on any atom is -0.377 e. The van der Waals surface area contributed by atoms with E-state index in [1.807, 2.05) is 12.1 Å². The number of benzene rings is 2. The van der Waals surface area contributed by atoms with Crippen LogP contribution in [-0.2, 0) is 0 Å². The minimum atomic E-state index is -0.419. The third-order valence-corrected chi connectivity index (χ3v) is 5.40. The van der Waals surface area contributed by atoms with E-state index in [1.165, 1.54) is 17.3 Å². The van der Waals surface area contributed by atoms with Crippen molar-refractivity contribution in [1.82, 2.24) is 4.90 Å². The molecule has 1 heterocycles. The van der Waals surface area contributed by atoms with E-state index in [0.29, 0.717) is 30.4 Å². The molecule has 7 heteroatoms. The Hall–Kier alpha value is -3.09. The van der Waals surface area contributed by atoms with Gasteiger partial charge in [0.15, 0.2) is 0 Å². The van der Waals surface area contributed by atoms with Crippen molar-refractivity contribution >= 4 is 23.0 Å². The predicted octanol–water partition coefficient (Wildman–Crippen LogP) is 3.44. The normalized spacial score (nSPS) is 16.8. The molecule has 1 aliphatic carbocycles. The fourth-order valence-electron chi connectivity index (χ4n) is 3.64. The standard InChI is InChI=1S/C21H24N4O3/c1-15-4-2-3-5-19(15)23-10-12-24(13-11-23)21(26)16-6-9-18(22-17-7-8-17)20(14-16)25(27)28/h2-6,9,14,17,22H,7-8,10-13H2,1H3. The van der Waals surface area contributed by atoms with Crippen LogP contribution in [0.15, 0.2) is 42.5 Å². The molecule has 1 saturated carbocycles. The molecule has 0 bridgehead atoms. The SMILES string of the molecule is Cc1ccccc1N1CCN(C(=O)c2ccc(NC3CC3)c([N+](=O)[O-])c2)CC1. The highest BCUT2D eigenvalue weighted by atomic mass is 16.6. The molecular formula is C21H24N4O3. The van der Waals surface area contributed by atoms with E-state index in [-0.39, 0.29) is 11.6 Å². The summed E-state index contributed by atoms with van der Waals surface area (Å²) < 4.78 is 0. The van der Waals surface area contributed by atoms with Crippen molar-refractivity contribution in [3.63, 3.8) is 0 Å². The number of carbonyl (C=O) groups is 1. The molecule has 1 amide bonds. The lowest BCUT2D eigenvalue weighted by Crippen LogP contribution is -2.49. The van der Waals surface area contributed by atoms with Crippen LogP contribution in [0.1, 0.15) is 28.8 Å². The zero-order chi connectivity index (χ0) is 19.7. The van der Waals surface area contributed by atoms with Crippen LogP contribution in [0.2, 0.25) is 0 Å². The number of nitro groups is 1. The molecule has 146 valence electrons. The first-order valence-electron chi connectivity index (χ1n) is 9.68. The summed E-state index contributed by atoms with van der Waals surface area (Å²) in [5.74, 6) is -0.148. The average molecular weight is 380 g/mol. The molecule has 1 N–H and O–H groups in total. The Morgan fingerprint density at radius 1 is 1.11 bits per heavy atom. The number of carbonyl (C=O) groups excluding carboxylic acids is 1. The third-order valence-electron chi connectivity index (χ3n) is 5.40. The largest absolute Gasteiger partial charge is 0.377 e. The highest BCUT2D eigenvalue weighted by Gasteiger charge is 2.27. The predicted molar refractivity (Wildman–Crippen MR) is 109 cm³/mol. The summed E-state index contributed by atoms with van der Waals surface area (Å²) in [5.41, 5.74) is 3.25. The van der Waals surface area contributed by atoms with Crippen LogP contribution in [0.25, 0.3) is 0 Å². The van der Waals surface area contributed by atoms with E-state index < -0.39 is 4.92 Å². The van der Waals surface area contributed by atoms with E-state index in [9.17, 15) is 14.9 Å². The number of nitrogens with zero attached hydrogens (tertiary/aromatic N) is 3. The van der Waals surface area contributed by atoms with Gasteiger partial charge in [-0.1, -0.05) is 18.2 Å². The molecule has 0 spiro atoms. The van der Waals surface area contributed by atoms with Gasteiger partial charge in [-0.25, -0.2) is 0 Å². The van der Waals surface area contributed by atoms with Crippen molar-refractivity contribution in [3.8, 4) is 0 Å². The first kappa shape index (κ1) is 18.3. The topological polar surface area (TPSA) is 78.7 Å². The lowest BCUT2D eigenvalue weighted by atomic mass is 10.1. The maximum Gasteiger partial charge on any atom is 0.293 e. The number of nitro benzene ring substituents is 1. The fraction of sp³-hybridized carbons (Fsp3) is 0.381. The molecule has 1 saturated heterocycles. The molecule has 4 rings (SSSR count). The lowest BCUT2D eigenvalue weighted by Gasteiger charge is -2.36. The number of amides is 1. The van der Waals surface area contributed by atoms with Crippen LogP contribution in [0, 0.1) is 17.0 Å². The summed E-state index contributed by atoms with van der Waals surface area (Å²) >= 11 is 0. The second kappa shape index (κ2) is 7.50. The number of hydrogen-bond acceptors (Lipinski definition) is 5. The summed E-state index contributed by atoms with van der Waals surface area (Å²) in [6.45, 7) is 4.79. The summed E-state index contributed by atoms with van der Waals surface area (Å²) in [6, 6.07) is 13.3. The van der Waals surface area contributed by atoms with Gasteiger partial charge in [0.05, 0.1) is 4.92 Å². The number of aryl methyl sites for hydroxylation is 1. The van der Waals surface area contributed by atoms with Crippen molar-refractivity contribution in [2.45, 2.75) is 25.8 Å². The van der Waals surface area contributed by atoms with Gasteiger partial charge in [0.2, 0.25) is 0 Å². The Morgan fingerprint density at radius 2 is 1.82 bits per heavy atom. The van der Waals surface area contributed by atoms with Crippen LogP contribution in [-0.4, -0.2) is 48.0 Å². The average Bonchev–Trinajstić information content (AvgIpc) is 3.52. The summed E-state index contributed by atoms with van der Waals surface area (Å²) in [4.78, 5) is 28.0. The quantitative estimate of drug-likeness (QED) is 0.635. The fourth-order valence-corrected chi connectivity index (χ4v) is 3.64. The molecule has 0 aromatic heterocycles. The molecule has 2 aliphatic rings. The van der Waals surface area contributed by atoms with E-state index in [0.717, 1.165) is 25.9 Å². The zero-order valence-electron chi connectivity index (χ0n) is 15.9.